The van der Waals surface area contributed by atoms with Gasteiger partial charge in [-0.3, -0.25) is 0 Å². The molecule has 9 nitrogen and oxygen atoms in total. The molecule has 0 bridgehead atoms. The maximum Gasteiger partial charge on any atom is 0.355 e. The summed E-state index contributed by atoms with van der Waals surface area (Å²) in [5, 5.41) is 4.47. The van der Waals surface area contributed by atoms with E-state index in [0.717, 1.165) is 0 Å². The van der Waals surface area contributed by atoms with E-state index < -0.39 is 11.9 Å². The SMILES string of the molecule is COC(=O)C1=C(C(=O)OC)N(c2cccc(Cl)c2-n2cncn2)COC1. The normalized spacial score (nSPS) is 14.3. The summed E-state index contributed by atoms with van der Waals surface area (Å²) in [4.78, 5) is 29.9. The van der Waals surface area contributed by atoms with Gasteiger partial charge in [-0.15, -0.1) is 0 Å². The number of methoxy groups -OCH3 is 2. The smallest absolute Gasteiger partial charge is 0.355 e. The highest BCUT2D eigenvalue weighted by Crippen LogP contribution is 2.35. The first-order chi connectivity index (χ1) is 12.6. The van der Waals surface area contributed by atoms with Crippen LogP contribution in [0.5, 0.6) is 0 Å². The van der Waals surface area contributed by atoms with Crippen LogP contribution in [0.25, 0.3) is 5.69 Å². The molecule has 1 aliphatic heterocycles. The Morgan fingerprint density at radius 2 is 2.00 bits per heavy atom. The number of rotatable bonds is 4. The maximum absolute atomic E-state index is 12.4. The standard InChI is InChI=1S/C16H15ClN4O5/c1-24-15(22)10-6-26-9-20(13(10)16(23)25-2)12-5-3-4-11(17)14(12)21-8-18-7-19-21/h3-5,7-8H,6,9H2,1-2H3. The summed E-state index contributed by atoms with van der Waals surface area (Å²) in [6.07, 6.45) is 2.83. The molecular formula is C16H15ClN4O5. The first kappa shape index (κ1) is 17.9. The minimum Gasteiger partial charge on any atom is -0.466 e. The van der Waals surface area contributed by atoms with Gasteiger partial charge in [-0.1, -0.05) is 17.7 Å². The molecule has 0 spiro atoms. The molecule has 0 radical (unpaired) electrons. The zero-order valence-corrected chi connectivity index (χ0v) is 14.8. The number of nitrogens with zero attached hydrogens (tertiary/aromatic N) is 4. The molecule has 0 unspecified atom stereocenters. The van der Waals surface area contributed by atoms with E-state index >= 15 is 0 Å². The number of ether oxygens (including phenoxy) is 3. The molecular weight excluding hydrogens is 364 g/mol. The van der Waals surface area contributed by atoms with E-state index in [4.69, 9.17) is 25.8 Å². The Bertz CT molecular complexity index is 866. The van der Waals surface area contributed by atoms with Gasteiger partial charge in [-0.25, -0.2) is 19.3 Å². The molecule has 0 atom stereocenters. The van der Waals surface area contributed by atoms with E-state index in [1.54, 1.807) is 18.2 Å². The van der Waals surface area contributed by atoms with Crippen molar-refractivity contribution in [1.82, 2.24) is 14.8 Å². The van der Waals surface area contributed by atoms with Crippen molar-refractivity contribution in [3.8, 4) is 5.69 Å². The van der Waals surface area contributed by atoms with Crippen molar-refractivity contribution in [2.24, 2.45) is 0 Å². The molecule has 1 aliphatic rings. The van der Waals surface area contributed by atoms with Crippen LogP contribution >= 0.6 is 11.6 Å². The number of para-hydroxylation sites is 1. The number of esters is 2. The molecule has 3 rings (SSSR count). The molecule has 10 heteroatoms. The van der Waals surface area contributed by atoms with Gasteiger partial charge < -0.3 is 19.1 Å². The van der Waals surface area contributed by atoms with E-state index in [0.29, 0.717) is 16.4 Å². The van der Waals surface area contributed by atoms with Crippen LogP contribution in [-0.2, 0) is 23.8 Å². The second-order valence-electron chi connectivity index (χ2n) is 5.16. The van der Waals surface area contributed by atoms with Gasteiger partial charge in [0.25, 0.3) is 0 Å². The van der Waals surface area contributed by atoms with Crippen LogP contribution in [0.4, 0.5) is 5.69 Å². The average Bonchev–Trinajstić information content (AvgIpc) is 3.20. The van der Waals surface area contributed by atoms with E-state index in [9.17, 15) is 9.59 Å². The number of carbonyl (C=O) groups is 2. The fourth-order valence-corrected chi connectivity index (χ4v) is 2.86. The Hall–Kier alpha value is -2.91. The largest absolute Gasteiger partial charge is 0.466 e. The van der Waals surface area contributed by atoms with Gasteiger partial charge in [-0.05, 0) is 12.1 Å². The quantitative estimate of drug-likeness (QED) is 0.735. The lowest BCUT2D eigenvalue weighted by atomic mass is 10.1. The first-order valence-corrected chi connectivity index (χ1v) is 7.84. The lowest BCUT2D eigenvalue weighted by Crippen LogP contribution is -2.39. The average molecular weight is 379 g/mol. The van der Waals surface area contributed by atoms with E-state index in [2.05, 4.69) is 10.1 Å². The van der Waals surface area contributed by atoms with Gasteiger partial charge in [0.15, 0.2) is 0 Å². The van der Waals surface area contributed by atoms with Crippen LogP contribution < -0.4 is 4.90 Å². The van der Waals surface area contributed by atoms with Crippen LogP contribution in [0.2, 0.25) is 5.02 Å². The Morgan fingerprint density at radius 1 is 1.23 bits per heavy atom. The van der Waals surface area contributed by atoms with E-state index in [-0.39, 0.29) is 24.6 Å². The third kappa shape index (κ3) is 3.14. The van der Waals surface area contributed by atoms with E-state index in [1.807, 2.05) is 0 Å². The van der Waals surface area contributed by atoms with Crippen molar-refractivity contribution in [3.63, 3.8) is 0 Å². The number of anilines is 1. The van der Waals surface area contributed by atoms with Gasteiger partial charge in [0.2, 0.25) is 0 Å². The molecule has 2 heterocycles. The van der Waals surface area contributed by atoms with Crippen LogP contribution in [0.1, 0.15) is 0 Å². The number of hydrogen-bond donors (Lipinski definition) is 0. The lowest BCUT2D eigenvalue weighted by Gasteiger charge is -2.32. The summed E-state index contributed by atoms with van der Waals surface area (Å²) in [6, 6.07) is 5.10. The van der Waals surface area contributed by atoms with Gasteiger partial charge in [-0.2, -0.15) is 5.10 Å². The third-order valence-corrected chi connectivity index (χ3v) is 4.04. The summed E-state index contributed by atoms with van der Waals surface area (Å²) < 4.78 is 16.6. The fraction of sp³-hybridized carbons (Fsp3) is 0.250. The monoisotopic (exact) mass is 378 g/mol. The number of benzene rings is 1. The molecule has 136 valence electrons. The third-order valence-electron chi connectivity index (χ3n) is 3.74. The number of halogens is 1. The molecule has 0 saturated carbocycles. The zero-order chi connectivity index (χ0) is 18.7. The molecule has 0 amide bonds. The Balaban J connectivity index is 2.21. The predicted octanol–water partition coefficient (Wildman–Crippen LogP) is 1.31. The minimum absolute atomic E-state index is 0.00691. The maximum atomic E-state index is 12.4. The fourth-order valence-electron chi connectivity index (χ4n) is 2.61. The summed E-state index contributed by atoms with van der Waals surface area (Å²) in [5.74, 6) is -1.38. The van der Waals surface area contributed by atoms with Gasteiger partial charge >= 0.3 is 11.9 Å². The van der Waals surface area contributed by atoms with Gasteiger partial charge in [0, 0.05) is 0 Å². The highest BCUT2D eigenvalue weighted by atomic mass is 35.5. The van der Waals surface area contributed by atoms with Crippen LogP contribution in [-0.4, -0.2) is 54.3 Å². The van der Waals surface area contributed by atoms with Crippen molar-refractivity contribution in [2.75, 3.05) is 32.5 Å². The zero-order valence-electron chi connectivity index (χ0n) is 14.0. The van der Waals surface area contributed by atoms with Crippen molar-refractivity contribution in [1.29, 1.82) is 0 Å². The highest BCUT2D eigenvalue weighted by Gasteiger charge is 2.34. The lowest BCUT2D eigenvalue weighted by molar-refractivity contribution is -0.140. The van der Waals surface area contributed by atoms with Crippen LogP contribution in [0, 0.1) is 0 Å². The second kappa shape index (κ2) is 7.54. The van der Waals surface area contributed by atoms with Crippen LogP contribution in [0.15, 0.2) is 42.1 Å². The Labute approximate surface area is 153 Å². The number of hydrogen-bond acceptors (Lipinski definition) is 8. The number of carbonyl (C=O) groups excluding carboxylic acids is 2. The second-order valence-corrected chi connectivity index (χ2v) is 5.57. The van der Waals surface area contributed by atoms with Crippen molar-refractivity contribution in [3.05, 3.63) is 47.1 Å². The highest BCUT2D eigenvalue weighted by molar-refractivity contribution is 6.33. The van der Waals surface area contributed by atoms with E-state index in [1.165, 1.54) is 36.5 Å². The van der Waals surface area contributed by atoms with Crippen molar-refractivity contribution >= 4 is 29.2 Å². The Morgan fingerprint density at radius 3 is 2.65 bits per heavy atom. The molecule has 0 N–H and O–H groups in total. The Kier molecular flexibility index (Phi) is 5.19. The number of aromatic nitrogens is 3. The summed E-state index contributed by atoms with van der Waals surface area (Å²) >= 11 is 6.35. The molecule has 0 fully saturated rings. The van der Waals surface area contributed by atoms with Crippen molar-refractivity contribution in [2.45, 2.75) is 0 Å². The summed E-state index contributed by atoms with van der Waals surface area (Å²) in [6.45, 7) is -0.0696. The predicted molar refractivity (Wildman–Crippen MR) is 90.7 cm³/mol. The molecule has 26 heavy (non-hydrogen) atoms. The minimum atomic E-state index is -0.696. The molecule has 1 aromatic carbocycles. The topological polar surface area (TPSA) is 95.8 Å². The summed E-state index contributed by atoms with van der Waals surface area (Å²) in [7, 11) is 2.46. The molecule has 1 aromatic heterocycles. The van der Waals surface area contributed by atoms with Crippen molar-refractivity contribution < 1.29 is 23.8 Å². The molecule has 2 aromatic rings. The first-order valence-electron chi connectivity index (χ1n) is 7.47. The van der Waals surface area contributed by atoms with Gasteiger partial charge in [0.1, 0.15) is 30.8 Å². The van der Waals surface area contributed by atoms with Crippen LogP contribution in [0.3, 0.4) is 0 Å². The van der Waals surface area contributed by atoms with Gasteiger partial charge in [0.05, 0.1) is 37.1 Å². The summed E-state index contributed by atoms with van der Waals surface area (Å²) in [5.41, 5.74) is 1.04. The molecule has 0 saturated heterocycles. The molecule has 0 aliphatic carbocycles.